The second-order valence-electron chi connectivity index (χ2n) is 4.24. The Hall–Kier alpha value is -1.03. The molecule has 4 heteroatoms. The van der Waals surface area contributed by atoms with Gasteiger partial charge < -0.3 is 5.73 Å². The van der Waals surface area contributed by atoms with E-state index in [1.807, 2.05) is 11.6 Å². The molecule has 84 valence electrons. The molecule has 0 spiro atoms. The molecule has 1 aliphatic heterocycles. The van der Waals surface area contributed by atoms with E-state index in [9.17, 15) is 0 Å². The molecule has 1 aromatic rings. The van der Waals surface area contributed by atoms with E-state index >= 15 is 0 Å². The highest BCUT2D eigenvalue weighted by Gasteiger charge is 2.17. The molecule has 1 aliphatic rings. The van der Waals surface area contributed by atoms with Crippen LogP contribution in [-0.2, 0) is 13.1 Å². The zero-order chi connectivity index (χ0) is 10.8. The highest BCUT2D eigenvalue weighted by molar-refractivity contribution is 5.47. The van der Waals surface area contributed by atoms with Crippen LogP contribution in [0.25, 0.3) is 0 Å². The Balaban J connectivity index is 2.17. The van der Waals surface area contributed by atoms with Gasteiger partial charge in [-0.25, -0.2) is 0 Å². The van der Waals surface area contributed by atoms with E-state index in [2.05, 4.69) is 16.9 Å². The van der Waals surface area contributed by atoms with Gasteiger partial charge in [0.1, 0.15) is 0 Å². The Bertz CT molecular complexity index is 337. The molecule has 0 aromatic carbocycles. The maximum absolute atomic E-state index is 6.05. The first kappa shape index (κ1) is 10.5. The number of nitrogen functional groups attached to an aromatic ring is 1. The van der Waals surface area contributed by atoms with Crippen molar-refractivity contribution in [3.8, 4) is 0 Å². The quantitative estimate of drug-likeness (QED) is 0.816. The van der Waals surface area contributed by atoms with Crippen LogP contribution in [0.4, 0.5) is 5.69 Å². The van der Waals surface area contributed by atoms with Gasteiger partial charge in [0.2, 0.25) is 0 Å². The molecule has 2 rings (SSSR count). The minimum absolute atomic E-state index is 0.878. The highest BCUT2D eigenvalue weighted by atomic mass is 15.3. The Kier molecular flexibility index (Phi) is 2.95. The van der Waals surface area contributed by atoms with Crippen LogP contribution in [-0.4, -0.2) is 27.8 Å². The van der Waals surface area contributed by atoms with Crippen LogP contribution in [0.2, 0.25) is 0 Å². The summed E-state index contributed by atoms with van der Waals surface area (Å²) in [4.78, 5) is 2.46. The van der Waals surface area contributed by atoms with E-state index in [1.165, 1.54) is 31.6 Å². The minimum Gasteiger partial charge on any atom is -0.396 e. The molecule has 0 amide bonds. The van der Waals surface area contributed by atoms with Crippen molar-refractivity contribution in [1.29, 1.82) is 0 Å². The van der Waals surface area contributed by atoms with Crippen molar-refractivity contribution >= 4 is 5.69 Å². The number of hydrogen-bond donors (Lipinski definition) is 1. The number of anilines is 1. The average molecular weight is 208 g/mol. The Morgan fingerprint density at radius 1 is 1.33 bits per heavy atom. The van der Waals surface area contributed by atoms with Gasteiger partial charge in [0.25, 0.3) is 0 Å². The van der Waals surface area contributed by atoms with Crippen molar-refractivity contribution < 1.29 is 0 Å². The van der Waals surface area contributed by atoms with Crippen LogP contribution in [0.3, 0.4) is 0 Å². The van der Waals surface area contributed by atoms with Gasteiger partial charge in [0.15, 0.2) is 0 Å². The Labute approximate surface area is 91.1 Å². The minimum atomic E-state index is 0.878. The molecule has 2 heterocycles. The zero-order valence-electron chi connectivity index (χ0n) is 9.66. The molecular formula is C11H20N4. The predicted molar refractivity (Wildman–Crippen MR) is 61.6 cm³/mol. The van der Waals surface area contributed by atoms with Crippen molar-refractivity contribution in [3.05, 3.63) is 11.4 Å². The van der Waals surface area contributed by atoms with Crippen LogP contribution < -0.4 is 5.73 Å². The summed E-state index contributed by atoms with van der Waals surface area (Å²) in [5, 5.41) is 4.44. The fourth-order valence-electron chi connectivity index (χ4n) is 2.22. The molecule has 1 fully saturated rings. The third-order valence-corrected chi connectivity index (χ3v) is 3.15. The number of aromatic nitrogens is 2. The van der Waals surface area contributed by atoms with E-state index in [0.29, 0.717) is 0 Å². The van der Waals surface area contributed by atoms with Crippen LogP contribution in [0.1, 0.15) is 31.2 Å². The van der Waals surface area contributed by atoms with E-state index in [-0.39, 0.29) is 0 Å². The largest absolute Gasteiger partial charge is 0.396 e. The summed E-state index contributed by atoms with van der Waals surface area (Å²) >= 11 is 0. The van der Waals surface area contributed by atoms with E-state index < -0.39 is 0 Å². The molecule has 0 aliphatic carbocycles. The van der Waals surface area contributed by atoms with Gasteiger partial charge in [-0.2, -0.15) is 5.10 Å². The molecular weight excluding hydrogens is 188 g/mol. The van der Waals surface area contributed by atoms with E-state index in [0.717, 1.165) is 24.5 Å². The molecule has 0 atom stereocenters. The van der Waals surface area contributed by atoms with Gasteiger partial charge in [0.05, 0.1) is 17.1 Å². The van der Waals surface area contributed by atoms with Crippen LogP contribution >= 0.6 is 0 Å². The lowest BCUT2D eigenvalue weighted by Gasteiger charge is -2.15. The van der Waals surface area contributed by atoms with E-state index in [4.69, 9.17) is 5.73 Å². The third-order valence-electron chi connectivity index (χ3n) is 3.15. The highest BCUT2D eigenvalue weighted by Crippen LogP contribution is 2.20. The molecule has 15 heavy (non-hydrogen) atoms. The predicted octanol–water partition coefficient (Wildman–Crippen LogP) is 1.39. The Morgan fingerprint density at radius 2 is 2.00 bits per heavy atom. The number of rotatable bonds is 3. The number of likely N-dealkylation sites (tertiary alicyclic amines) is 1. The number of nitrogens with zero attached hydrogens (tertiary/aromatic N) is 3. The van der Waals surface area contributed by atoms with Gasteiger partial charge in [-0.3, -0.25) is 9.58 Å². The summed E-state index contributed by atoms with van der Waals surface area (Å²) in [6, 6.07) is 0. The smallest absolute Gasteiger partial charge is 0.0826 e. The fraction of sp³-hybridized carbons (Fsp3) is 0.727. The number of aryl methyl sites for hydroxylation is 2. The lowest BCUT2D eigenvalue weighted by molar-refractivity contribution is 0.319. The van der Waals surface area contributed by atoms with Gasteiger partial charge in [-0.1, -0.05) is 0 Å². The van der Waals surface area contributed by atoms with Crippen molar-refractivity contribution in [3.63, 3.8) is 0 Å². The number of hydrogen-bond acceptors (Lipinski definition) is 3. The third kappa shape index (κ3) is 2.00. The first-order valence-corrected chi connectivity index (χ1v) is 5.76. The van der Waals surface area contributed by atoms with Crippen LogP contribution in [0, 0.1) is 6.92 Å². The zero-order valence-corrected chi connectivity index (χ0v) is 9.66. The second kappa shape index (κ2) is 4.23. The summed E-state index contributed by atoms with van der Waals surface area (Å²) in [6.45, 7) is 8.36. The van der Waals surface area contributed by atoms with Crippen molar-refractivity contribution in [2.45, 2.75) is 39.8 Å². The van der Waals surface area contributed by atoms with Crippen molar-refractivity contribution in [2.75, 3.05) is 18.8 Å². The standard InChI is InChI=1S/C11H20N4/c1-3-15-10(11(12)9(2)13-15)8-14-6-4-5-7-14/h3-8,12H2,1-2H3. The molecule has 1 aromatic heterocycles. The van der Waals surface area contributed by atoms with Gasteiger partial charge >= 0.3 is 0 Å². The maximum atomic E-state index is 6.05. The second-order valence-corrected chi connectivity index (χ2v) is 4.24. The first-order chi connectivity index (χ1) is 7.22. The maximum Gasteiger partial charge on any atom is 0.0826 e. The van der Waals surface area contributed by atoms with Crippen LogP contribution in [0.5, 0.6) is 0 Å². The normalized spacial score (nSPS) is 17.5. The topological polar surface area (TPSA) is 47.1 Å². The van der Waals surface area contributed by atoms with E-state index in [1.54, 1.807) is 0 Å². The number of nitrogens with two attached hydrogens (primary N) is 1. The van der Waals surface area contributed by atoms with Crippen molar-refractivity contribution in [1.82, 2.24) is 14.7 Å². The molecule has 0 saturated carbocycles. The molecule has 2 N–H and O–H groups in total. The molecule has 1 saturated heterocycles. The van der Waals surface area contributed by atoms with Gasteiger partial charge in [0, 0.05) is 13.1 Å². The summed E-state index contributed by atoms with van der Waals surface area (Å²) < 4.78 is 2.03. The molecule has 0 bridgehead atoms. The van der Waals surface area contributed by atoms with Gasteiger partial charge in [-0.05, 0) is 39.8 Å². The Morgan fingerprint density at radius 3 is 2.60 bits per heavy atom. The van der Waals surface area contributed by atoms with Crippen molar-refractivity contribution in [2.24, 2.45) is 0 Å². The summed E-state index contributed by atoms with van der Waals surface area (Å²) in [7, 11) is 0. The monoisotopic (exact) mass is 208 g/mol. The fourth-order valence-corrected chi connectivity index (χ4v) is 2.22. The molecule has 4 nitrogen and oxygen atoms in total. The first-order valence-electron chi connectivity index (χ1n) is 5.76. The molecule has 0 unspecified atom stereocenters. The molecule has 0 radical (unpaired) electrons. The summed E-state index contributed by atoms with van der Waals surface area (Å²) in [6.07, 6.45) is 2.64. The average Bonchev–Trinajstić information content (AvgIpc) is 2.82. The summed E-state index contributed by atoms with van der Waals surface area (Å²) in [5.41, 5.74) is 9.08. The summed E-state index contributed by atoms with van der Waals surface area (Å²) in [5.74, 6) is 0. The van der Waals surface area contributed by atoms with Crippen LogP contribution in [0.15, 0.2) is 0 Å². The SMILES string of the molecule is CCn1nc(C)c(N)c1CN1CCCC1. The lowest BCUT2D eigenvalue weighted by atomic mass is 10.3. The van der Waals surface area contributed by atoms with Gasteiger partial charge in [-0.15, -0.1) is 0 Å². The lowest BCUT2D eigenvalue weighted by Crippen LogP contribution is -2.21.